The van der Waals surface area contributed by atoms with E-state index in [1.807, 2.05) is 18.2 Å². The molecule has 0 saturated carbocycles. The second-order valence-electron chi connectivity index (χ2n) is 4.24. The molecule has 0 aromatic heterocycles. The van der Waals surface area contributed by atoms with Gasteiger partial charge in [-0.3, -0.25) is 0 Å². The molecule has 1 aliphatic heterocycles. The molecule has 2 rings (SSSR count). The zero-order chi connectivity index (χ0) is 13.3. The van der Waals surface area contributed by atoms with Gasteiger partial charge in [-0.25, -0.2) is 0 Å². The lowest BCUT2D eigenvalue weighted by molar-refractivity contribution is -0.135. The molecule has 0 N–H and O–H groups in total. The van der Waals surface area contributed by atoms with Crippen molar-refractivity contribution in [3.63, 3.8) is 0 Å². The zero-order valence-corrected chi connectivity index (χ0v) is 11.2. The lowest BCUT2D eigenvalue weighted by atomic mass is 10.2. The normalized spacial score (nSPS) is 12.9. The quantitative estimate of drug-likeness (QED) is 0.509. The molecule has 0 saturated heterocycles. The Kier molecular flexibility index (Phi) is 5.94. The van der Waals surface area contributed by atoms with Crippen molar-refractivity contribution in [1.82, 2.24) is 0 Å². The van der Waals surface area contributed by atoms with Gasteiger partial charge in [0.1, 0.15) is 13.6 Å². The molecule has 5 nitrogen and oxygen atoms in total. The van der Waals surface area contributed by atoms with Crippen LogP contribution in [-0.2, 0) is 20.8 Å². The summed E-state index contributed by atoms with van der Waals surface area (Å²) in [4.78, 5) is 0. The van der Waals surface area contributed by atoms with Crippen LogP contribution in [0.25, 0.3) is 0 Å². The summed E-state index contributed by atoms with van der Waals surface area (Å²) < 4.78 is 26.4. The van der Waals surface area contributed by atoms with E-state index in [4.69, 9.17) is 23.7 Å². The fraction of sp³-hybridized carbons (Fsp3) is 0.571. The molecule has 1 aromatic rings. The molecule has 0 atom stereocenters. The molecule has 106 valence electrons. The van der Waals surface area contributed by atoms with Crippen LogP contribution in [0.1, 0.15) is 25.3 Å². The van der Waals surface area contributed by atoms with Gasteiger partial charge >= 0.3 is 0 Å². The smallest absolute Gasteiger partial charge is 0.231 e. The Hall–Kier alpha value is -1.30. The molecule has 0 unspecified atom stereocenters. The monoisotopic (exact) mass is 268 g/mol. The molecule has 1 heterocycles. The first-order chi connectivity index (χ1) is 9.40. The van der Waals surface area contributed by atoms with Gasteiger partial charge in [-0.1, -0.05) is 19.4 Å². The predicted molar refractivity (Wildman–Crippen MR) is 69.0 cm³/mol. The van der Waals surface area contributed by atoms with Crippen LogP contribution in [0, 0.1) is 0 Å². The molecule has 0 aliphatic carbocycles. The average Bonchev–Trinajstić information content (AvgIpc) is 2.89. The summed E-state index contributed by atoms with van der Waals surface area (Å²) in [6.07, 6.45) is 2.18. The van der Waals surface area contributed by atoms with Gasteiger partial charge in [0.05, 0.1) is 6.61 Å². The first kappa shape index (κ1) is 14.1. The van der Waals surface area contributed by atoms with Gasteiger partial charge in [0.25, 0.3) is 0 Å². The highest BCUT2D eigenvalue weighted by Crippen LogP contribution is 2.32. The third-order valence-electron chi connectivity index (χ3n) is 2.68. The summed E-state index contributed by atoms with van der Waals surface area (Å²) in [6, 6.07) is 5.75. The van der Waals surface area contributed by atoms with Crippen molar-refractivity contribution in [1.29, 1.82) is 0 Å². The molecule has 0 bridgehead atoms. The van der Waals surface area contributed by atoms with Gasteiger partial charge in [-0.15, -0.1) is 0 Å². The second-order valence-corrected chi connectivity index (χ2v) is 4.24. The van der Waals surface area contributed by atoms with Gasteiger partial charge in [-0.05, 0) is 24.1 Å². The molecular formula is C14H20O5. The summed E-state index contributed by atoms with van der Waals surface area (Å²) in [6.45, 7) is 4.13. The van der Waals surface area contributed by atoms with E-state index in [-0.39, 0.29) is 20.4 Å². The van der Waals surface area contributed by atoms with E-state index >= 15 is 0 Å². The highest BCUT2D eigenvalue weighted by atomic mass is 16.7. The Morgan fingerprint density at radius 2 is 1.89 bits per heavy atom. The third kappa shape index (κ3) is 4.70. The summed E-state index contributed by atoms with van der Waals surface area (Å²) >= 11 is 0. The Bertz CT molecular complexity index is 380. The predicted octanol–water partition coefficient (Wildman–Crippen LogP) is 2.68. The molecule has 0 amide bonds. The maximum Gasteiger partial charge on any atom is 0.231 e. The molecule has 19 heavy (non-hydrogen) atoms. The highest BCUT2D eigenvalue weighted by Gasteiger charge is 2.12. The number of hydrogen-bond acceptors (Lipinski definition) is 5. The summed E-state index contributed by atoms with van der Waals surface area (Å²) in [7, 11) is 0. The van der Waals surface area contributed by atoms with Crippen LogP contribution in [0.4, 0.5) is 0 Å². The van der Waals surface area contributed by atoms with Gasteiger partial charge in [0, 0.05) is 6.61 Å². The minimum Gasteiger partial charge on any atom is -0.454 e. The third-order valence-corrected chi connectivity index (χ3v) is 2.68. The molecule has 5 heteroatoms. The molecular weight excluding hydrogens is 248 g/mol. The van der Waals surface area contributed by atoms with Crippen LogP contribution < -0.4 is 9.47 Å². The van der Waals surface area contributed by atoms with Crippen molar-refractivity contribution in [3.05, 3.63) is 23.8 Å². The molecule has 1 aromatic carbocycles. The van der Waals surface area contributed by atoms with E-state index < -0.39 is 0 Å². The average molecular weight is 268 g/mol. The largest absolute Gasteiger partial charge is 0.454 e. The van der Waals surface area contributed by atoms with E-state index in [1.54, 1.807) is 0 Å². The van der Waals surface area contributed by atoms with Crippen molar-refractivity contribution in [2.24, 2.45) is 0 Å². The topological polar surface area (TPSA) is 46.2 Å². The number of ether oxygens (including phenoxy) is 5. The van der Waals surface area contributed by atoms with E-state index in [0.29, 0.717) is 6.61 Å². The lowest BCUT2D eigenvalue weighted by Crippen LogP contribution is -2.05. The van der Waals surface area contributed by atoms with Crippen molar-refractivity contribution in [2.75, 3.05) is 27.0 Å². The van der Waals surface area contributed by atoms with Crippen LogP contribution >= 0.6 is 0 Å². The summed E-state index contributed by atoms with van der Waals surface area (Å²) in [5, 5.41) is 0. The van der Waals surface area contributed by atoms with Crippen LogP contribution in [0.5, 0.6) is 11.5 Å². The van der Waals surface area contributed by atoms with Crippen molar-refractivity contribution < 1.29 is 23.7 Å². The van der Waals surface area contributed by atoms with E-state index in [0.717, 1.165) is 36.5 Å². The Balaban J connectivity index is 1.56. The van der Waals surface area contributed by atoms with Crippen LogP contribution in [-0.4, -0.2) is 27.0 Å². The molecule has 0 fully saturated rings. The number of hydrogen-bond donors (Lipinski definition) is 0. The molecule has 0 radical (unpaired) electrons. The van der Waals surface area contributed by atoms with Gasteiger partial charge in [0.15, 0.2) is 11.5 Å². The first-order valence-corrected chi connectivity index (χ1v) is 6.52. The number of fused-ring (bicyclic) bond motifs is 1. The Morgan fingerprint density at radius 3 is 2.79 bits per heavy atom. The van der Waals surface area contributed by atoms with Crippen molar-refractivity contribution in [3.8, 4) is 11.5 Å². The number of rotatable bonds is 9. The first-order valence-electron chi connectivity index (χ1n) is 6.52. The fourth-order valence-corrected chi connectivity index (χ4v) is 1.65. The van der Waals surface area contributed by atoms with Crippen molar-refractivity contribution >= 4 is 0 Å². The number of benzene rings is 1. The fourth-order valence-electron chi connectivity index (χ4n) is 1.65. The zero-order valence-electron chi connectivity index (χ0n) is 11.2. The molecule has 0 spiro atoms. The Labute approximate surface area is 113 Å². The van der Waals surface area contributed by atoms with E-state index in [2.05, 4.69) is 6.92 Å². The van der Waals surface area contributed by atoms with E-state index in [1.165, 1.54) is 0 Å². The molecule has 1 aliphatic rings. The summed E-state index contributed by atoms with van der Waals surface area (Å²) in [5.41, 5.74) is 1.03. The van der Waals surface area contributed by atoms with Crippen LogP contribution in [0.2, 0.25) is 0 Å². The Morgan fingerprint density at radius 1 is 1.05 bits per heavy atom. The number of unbranched alkanes of at least 4 members (excludes halogenated alkanes) is 1. The maximum atomic E-state index is 5.39. The maximum absolute atomic E-state index is 5.39. The van der Waals surface area contributed by atoms with Crippen LogP contribution in [0.3, 0.4) is 0 Å². The standard InChI is InChI=1S/C14H20O5/c1-2-3-6-15-9-17-10-16-8-12-4-5-13-14(7-12)19-11-18-13/h4-5,7H,2-3,6,8-11H2,1H3. The van der Waals surface area contributed by atoms with E-state index in [9.17, 15) is 0 Å². The highest BCUT2D eigenvalue weighted by molar-refractivity contribution is 5.44. The SMILES string of the molecule is CCCCOCOCOCc1ccc2c(c1)OCO2. The van der Waals surface area contributed by atoms with Gasteiger partial charge < -0.3 is 23.7 Å². The van der Waals surface area contributed by atoms with Gasteiger partial charge in [-0.2, -0.15) is 0 Å². The minimum absolute atomic E-state index is 0.223. The van der Waals surface area contributed by atoms with Crippen molar-refractivity contribution in [2.45, 2.75) is 26.4 Å². The lowest BCUT2D eigenvalue weighted by Gasteiger charge is -2.07. The van der Waals surface area contributed by atoms with Crippen LogP contribution in [0.15, 0.2) is 18.2 Å². The second kappa shape index (κ2) is 7.99. The minimum atomic E-state index is 0.223. The van der Waals surface area contributed by atoms with Gasteiger partial charge in [0.2, 0.25) is 6.79 Å². The summed E-state index contributed by atoms with van der Waals surface area (Å²) in [5.74, 6) is 1.55.